The summed E-state index contributed by atoms with van der Waals surface area (Å²) in [7, 11) is -3.79. The summed E-state index contributed by atoms with van der Waals surface area (Å²) in [4.78, 5) is 26.5. The molecule has 2 N–H and O–H groups in total. The highest BCUT2D eigenvalue weighted by Gasteiger charge is 2.23. The van der Waals surface area contributed by atoms with Crippen LogP contribution in [0.1, 0.15) is 41.5 Å². The molecule has 34 heavy (non-hydrogen) atoms. The van der Waals surface area contributed by atoms with Crippen molar-refractivity contribution in [2.45, 2.75) is 51.3 Å². The molecule has 1 saturated heterocycles. The van der Waals surface area contributed by atoms with E-state index in [9.17, 15) is 18.0 Å². The zero-order valence-corrected chi connectivity index (χ0v) is 21.1. The first-order valence-electron chi connectivity index (χ1n) is 11.8. The predicted molar refractivity (Wildman–Crippen MR) is 133 cm³/mol. The zero-order chi connectivity index (χ0) is 24.7. The van der Waals surface area contributed by atoms with Gasteiger partial charge < -0.3 is 10.2 Å². The maximum absolute atomic E-state index is 12.5. The van der Waals surface area contributed by atoms with E-state index in [1.54, 1.807) is 17.0 Å². The van der Waals surface area contributed by atoms with Crippen molar-refractivity contribution in [1.82, 2.24) is 14.9 Å². The highest BCUT2D eigenvalue weighted by Crippen LogP contribution is 2.22. The van der Waals surface area contributed by atoms with E-state index >= 15 is 0 Å². The quantitative estimate of drug-likeness (QED) is 0.571. The van der Waals surface area contributed by atoms with Crippen molar-refractivity contribution in [3.63, 3.8) is 0 Å². The molecule has 1 aliphatic rings. The first-order valence-corrected chi connectivity index (χ1v) is 13.3. The average Bonchev–Trinajstić information content (AvgIpc) is 2.83. The number of hydrogen-bond acceptors (Lipinski definition) is 4. The van der Waals surface area contributed by atoms with Crippen LogP contribution in [-0.4, -0.2) is 51.3 Å². The van der Waals surface area contributed by atoms with Crippen LogP contribution < -0.4 is 10.0 Å². The highest BCUT2D eigenvalue weighted by atomic mass is 32.2. The first kappa shape index (κ1) is 25.9. The smallest absolute Gasteiger partial charge is 0.241 e. The SMILES string of the molecule is Cc1ccc(CCC2CCN(C(=O)CNC(=O)CNS(=O)(=O)c3ccc(C)c(C)c3)CC2)cc1. The molecule has 1 fully saturated rings. The van der Waals surface area contributed by atoms with Gasteiger partial charge in [0.2, 0.25) is 21.8 Å². The van der Waals surface area contributed by atoms with Crippen molar-refractivity contribution in [3.8, 4) is 0 Å². The summed E-state index contributed by atoms with van der Waals surface area (Å²) in [5, 5.41) is 2.53. The van der Waals surface area contributed by atoms with Crippen LogP contribution in [0.15, 0.2) is 47.4 Å². The van der Waals surface area contributed by atoms with Crippen molar-refractivity contribution in [2.24, 2.45) is 5.92 Å². The standard InChI is InChI=1S/C26H35N3O4S/c1-19-4-7-22(8-5-19)9-10-23-12-14-29(15-13-23)26(31)18-27-25(30)17-28-34(32,33)24-11-6-20(2)21(3)16-24/h4-8,11,16,23,28H,9-10,12-15,17-18H2,1-3H3,(H,27,30). The summed E-state index contributed by atoms with van der Waals surface area (Å²) in [6.07, 6.45) is 4.08. The maximum atomic E-state index is 12.5. The Morgan fingerprint density at radius 1 is 0.941 bits per heavy atom. The van der Waals surface area contributed by atoms with Gasteiger partial charge in [-0.25, -0.2) is 13.1 Å². The second kappa shape index (κ2) is 11.6. The van der Waals surface area contributed by atoms with E-state index < -0.39 is 22.5 Å². The van der Waals surface area contributed by atoms with E-state index in [0.717, 1.165) is 36.8 Å². The van der Waals surface area contributed by atoms with Crippen LogP contribution in [0, 0.1) is 26.7 Å². The van der Waals surface area contributed by atoms with Crippen LogP contribution in [0.3, 0.4) is 0 Å². The van der Waals surface area contributed by atoms with E-state index in [1.165, 1.54) is 17.2 Å². The third-order valence-electron chi connectivity index (χ3n) is 6.58. The number of benzene rings is 2. The molecule has 2 aromatic carbocycles. The summed E-state index contributed by atoms with van der Waals surface area (Å²) >= 11 is 0. The van der Waals surface area contributed by atoms with Crippen LogP contribution in [0.2, 0.25) is 0 Å². The Balaban J connectivity index is 1.36. The topological polar surface area (TPSA) is 95.6 Å². The Kier molecular flexibility index (Phi) is 8.85. The van der Waals surface area contributed by atoms with Crippen molar-refractivity contribution in [3.05, 3.63) is 64.7 Å². The van der Waals surface area contributed by atoms with Gasteiger partial charge in [-0.3, -0.25) is 9.59 Å². The molecule has 1 heterocycles. The number of nitrogens with one attached hydrogen (secondary N) is 2. The zero-order valence-electron chi connectivity index (χ0n) is 20.3. The number of likely N-dealkylation sites (tertiary alicyclic amines) is 1. The summed E-state index contributed by atoms with van der Waals surface area (Å²) < 4.78 is 27.1. The fourth-order valence-electron chi connectivity index (χ4n) is 4.07. The van der Waals surface area contributed by atoms with Gasteiger partial charge in [-0.05, 0) is 81.2 Å². The number of rotatable bonds is 9. The Morgan fingerprint density at radius 2 is 1.62 bits per heavy atom. The second-order valence-corrected chi connectivity index (χ2v) is 11.0. The van der Waals surface area contributed by atoms with Crippen LogP contribution in [-0.2, 0) is 26.0 Å². The number of sulfonamides is 1. The van der Waals surface area contributed by atoms with Gasteiger partial charge in [0.25, 0.3) is 0 Å². The minimum Gasteiger partial charge on any atom is -0.346 e. The molecule has 0 radical (unpaired) electrons. The maximum Gasteiger partial charge on any atom is 0.241 e. The molecule has 184 valence electrons. The lowest BCUT2D eigenvalue weighted by molar-refractivity contribution is -0.133. The molecule has 7 nitrogen and oxygen atoms in total. The Bertz CT molecular complexity index is 1110. The fraction of sp³-hybridized carbons (Fsp3) is 0.462. The molecule has 0 bridgehead atoms. The van der Waals surface area contributed by atoms with Crippen molar-refractivity contribution < 1.29 is 18.0 Å². The van der Waals surface area contributed by atoms with Gasteiger partial charge in [0.1, 0.15) is 0 Å². The number of carbonyl (C=O) groups is 2. The average molecular weight is 486 g/mol. The molecule has 0 atom stereocenters. The van der Waals surface area contributed by atoms with Gasteiger partial charge in [-0.2, -0.15) is 0 Å². The molecular weight excluding hydrogens is 450 g/mol. The third kappa shape index (κ3) is 7.40. The van der Waals surface area contributed by atoms with Gasteiger partial charge in [-0.1, -0.05) is 35.9 Å². The number of piperidine rings is 1. The van der Waals surface area contributed by atoms with Crippen LogP contribution >= 0.6 is 0 Å². The normalized spacial score (nSPS) is 14.7. The molecule has 0 saturated carbocycles. The van der Waals surface area contributed by atoms with Crippen molar-refractivity contribution >= 4 is 21.8 Å². The largest absolute Gasteiger partial charge is 0.346 e. The van der Waals surface area contributed by atoms with Crippen molar-refractivity contribution in [1.29, 1.82) is 0 Å². The number of aryl methyl sites for hydroxylation is 4. The van der Waals surface area contributed by atoms with E-state index in [0.29, 0.717) is 19.0 Å². The molecular formula is C26H35N3O4S. The predicted octanol–water partition coefficient (Wildman–Crippen LogP) is 2.88. The molecule has 2 aromatic rings. The van der Waals surface area contributed by atoms with Crippen LogP contribution in [0.25, 0.3) is 0 Å². The molecule has 8 heteroatoms. The van der Waals surface area contributed by atoms with Gasteiger partial charge in [0, 0.05) is 13.1 Å². The minimum atomic E-state index is -3.79. The molecule has 0 unspecified atom stereocenters. The summed E-state index contributed by atoms with van der Waals surface area (Å²) in [5.74, 6) is -0.0733. The lowest BCUT2D eigenvalue weighted by Gasteiger charge is -2.32. The lowest BCUT2D eigenvalue weighted by Crippen LogP contribution is -2.46. The van der Waals surface area contributed by atoms with Gasteiger partial charge >= 0.3 is 0 Å². The number of hydrogen-bond donors (Lipinski definition) is 2. The van der Waals surface area contributed by atoms with Crippen molar-refractivity contribution in [2.75, 3.05) is 26.2 Å². The molecule has 2 amide bonds. The van der Waals surface area contributed by atoms with E-state index in [-0.39, 0.29) is 17.3 Å². The van der Waals surface area contributed by atoms with E-state index in [1.807, 2.05) is 13.8 Å². The van der Waals surface area contributed by atoms with E-state index in [4.69, 9.17) is 0 Å². The molecule has 1 aliphatic heterocycles. The monoisotopic (exact) mass is 485 g/mol. The lowest BCUT2D eigenvalue weighted by atomic mass is 9.90. The van der Waals surface area contributed by atoms with Gasteiger partial charge in [0.15, 0.2) is 0 Å². The molecule has 0 aromatic heterocycles. The number of amides is 2. The Labute approximate surface area is 203 Å². The molecule has 0 spiro atoms. The fourth-order valence-corrected chi connectivity index (χ4v) is 5.14. The minimum absolute atomic E-state index is 0.115. The summed E-state index contributed by atoms with van der Waals surface area (Å²) in [5.41, 5.74) is 4.46. The highest BCUT2D eigenvalue weighted by molar-refractivity contribution is 7.89. The Hall–Kier alpha value is -2.71. The second-order valence-electron chi connectivity index (χ2n) is 9.20. The first-order chi connectivity index (χ1) is 16.1. The number of nitrogens with zero attached hydrogens (tertiary/aromatic N) is 1. The van der Waals surface area contributed by atoms with E-state index in [2.05, 4.69) is 41.2 Å². The number of carbonyl (C=O) groups excluding carboxylic acids is 2. The van der Waals surface area contributed by atoms with Crippen LogP contribution in [0.4, 0.5) is 0 Å². The van der Waals surface area contributed by atoms with Gasteiger partial charge in [0.05, 0.1) is 18.0 Å². The third-order valence-corrected chi connectivity index (χ3v) is 7.98. The summed E-state index contributed by atoms with van der Waals surface area (Å²) in [6.45, 7) is 6.65. The summed E-state index contributed by atoms with van der Waals surface area (Å²) in [6, 6.07) is 13.4. The van der Waals surface area contributed by atoms with Gasteiger partial charge in [-0.15, -0.1) is 0 Å². The molecule has 3 rings (SSSR count). The molecule has 0 aliphatic carbocycles. The Morgan fingerprint density at radius 3 is 2.26 bits per heavy atom. The van der Waals surface area contributed by atoms with Crippen LogP contribution in [0.5, 0.6) is 0 Å².